The van der Waals surface area contributed by atoms with Gasteiger partial charge in [0.2, 0.25) is 0 Å². The maximum Gasteiger partial charge on any atom is 0.255 e. The highest BCUT2D eigenvalue weighted by atomic mass is 16.5. The fourth-order valence-electron chi connectivity index (χ4n) is 1.39. The standard InChI is InChI=1S/C15H14N2O3/c1-12-4-5-14(10-17-12)20-8-3-2-7-16-15(18)13-6-9-19-11-13/h4-6,9-11H,7-8H2,1H3,(H,16,18). The number of carbonyl (C=O) groups is 1. The Bertz CT molecular complexity index is 607. The molecule has 0 unspecified atom stereocenters. The number of hydrogen-bond acceptors (Lipinski definition) is 4. The molecule has 0 saturated heterocycles. The van der Waals surface area contributed by atoms with Gasteiger partial charge in [0.05, 0.1) is 24.6 Å². The molecule has 0 atom stereocenters. The van der Waals surface area contributed by atoms with Gasteiger partial charge in [-0.1, -0.05) is 11.8 Å². The predicted octanol–water partition coefficient (Wildman–Crippen LogP) is 1.80. The van der Waals surface area contributed by atoms with Gasteiger partial charge in [0.1, 0.15) is 18.6 Å². The van der Waals surface area contributed by atoms with E-state index in [9.17, 15) is 4.79 Å². The lowest BCUT2D eigenvalue weighted by molar-refractivity contribution is 0.0958. The largest absolute Gasteiger partial charge is 0.479 e. The van der Waals surface area contributed by atoms with Gasteiger partial charge in [-0.3, -0.25) is 9.78 Å². The second-order valence-corrected chi connectivity index (χ2v) is 3.97. The normalized spacial score (nSPS) is 9.45. The second-order valence-electron chi connectivity index (χ2n) is 3.97. The molecule has 2 aromatic heterocycles. The highest BCUT2D eigenvalue weighted by Gasteiger charge is 2.03. The zero-order valence-electron chi connectivity index (χ0n) is 11.1. The van der Waals surface area contributed by atoms with Crippen molar-refractivity contribution in [3.63, 3.8) is 0 Å². The first-order valence-electron chi connectivity index (χ1n) is 6.07. The van der Waals surface area contributed by atoms with Gasteiger partial charge in [0.25, 0.3) is 5.91 Å². The summed E-state index contributed by atoms with van der Waals surface area (Å²) in [5, 5.41) is 2.65. The van der Waals surface area contributed by atoms with E-state index in [0.717, 1.165) is 5.69 Å². The molecule has 0 fully saturated rings. The summed E-state index contributed by atoms with van der Waals surface area (Å²) in [6.45, 7) is 2.43. The number of amides is 1. The van der Waals surface area contributed by atoms with Gasteiger partial charge in [-0.2, -0.15) is 0 Å². The molecule has 0 bridgehead atoms. The summed E-state index contributed by atoms with van der Waals surface area (Å²) in [5.74, 6) is 6.07. The smallest absolute Gasteiger partial charge is 0.255 e. The quantitative estimate of drug-likeness (QED) is 0.860. The van der Waals surface area contributed by atoms with Crippen molar-refractivity contribution >= 4 is 5.91 Å². The van der Waals surface area contributed by atoms with Crippen molar-refractivity contribution in [3.8, 4) is 17.6 Å². The van der Waals surface area contributed by atoms with Crippen molar-refractivity contribution < 1.29 is 13.9 Å². The first-order chi connectivity index (χ1) is 9.75. The van der Waals surface area contributed by atoms with E-state index < -0.39 is 0 Å². The van der Waals surface area contributed by atoms with Crippen LogP contribution >= 0.6 is 0 Å². The molecule has 5 nitrogen and oxygen atoms in total. The minimum atomic E-state index is -0.211. The molecular formula is C15H14N2O3. The van der Waals surface area contributed by atoms with Gasteiger partial charge >= 0.3 is 0 Å². The molecule has 1 amide bonds. The van der Waals surface area contributed by atoms with Crippen molar-refractivity contribution in [1.29, 1.82) is 0 Å². The van der Waals surface area contributed by atoms with E-state index in [1.807, 2.05) is 19.1 Å². The Balaban J connectivity index is 1.68. The van der Waals surface area contributed by atoms with Crippen LogP contribution in [0.2, 0.25) is 0 Å². The number of nitrogens with one attached hydrogen (secondary N) is 1. The Morgan fingerprint density at radius 2 is 2.30 bits per heavy atom. The molecule has 0 radical (unpaired) electrons. The van der Waals surface area contributed by atoms with E-state index in [1.54, 1.807) is 12.3 Å². The average Bonchev–Trinajstić information content (AvgIpc) is 2.98. The Morgan fingerprint density at radius 1 is 1.40 bits per heavy atom. The van der Waals surface area contributed by atoms with E-state index in [0.29, 0.717) is 11.3 Å². The number of pyridine rings is 1. The van der Waals surface area contributed by atoms with E-state index >= 15 is 0 Å². The minimum Gasteiger partial charge on any atom is -0.479 e. The number of aromatic nitrogens is 1. The summed E-state index contributed by atoms with van der Waals surface area (Å²) < 4.78 is 10.2. The third-order valence-electron chi connectivity index (χ3n) is 2.44. The summed E-state index contributed by atoms with van der Waals surface area (Å²) in [6.07, 6.45) is 4.48. The Labute approximate surface area is 117 Å². The molecule has 0 saturated carbocycles. The van der Waals surface area contributed by atoms with Crippen molar-refractivity contribution in [2.75, 3.05) is 13.2 Å². The lowest BCUT2D eigenvalue weighted by Gasteiger charge is -2.00. The molecule has 0 aliphatic rings. The fourth-order valence-corrected chi connectivity index (χ4v) is 1.39. The van der Waals surface area contributed by atoms with Gasteiger partial charge in [-0.25, -0.2) is 0 Å². The monoisotopic (exact) mass is 270 g/mol. The van der Waals surface area contributed by atoms with Crippen LogP contribution < -0.4 is 10.1 Å². The molecule has 0 aliphatic heterocycles. The molecule has 0 spiro atoms. The summed E-state index contributed by atoms with van der Waals surface area (Å²) in [7, 11) is 0. The molecule has 0 aliphatic carbocycles. The third kappa shape index (κ3) is 4.18. The van der Waals surface area contributed by atoms with Gasteiger partial charge < -0.3 is 14.5 Å². The highest BCUT2D eigenvalue weighted by Crippen LogP contribution is 2.07. The number of ether oxygens (including phenoxy) is 1. The zero-order valence-corrected chi connectivity index (χ0v) is 11.1. The van der Waals surface area contributed by atoms with Crippen LogP contribution in [0.1, 0.15) is 16.1 Å². The topological polar surface area (TPSA) is 64.4 Å². The molecule has 0 aromatic carbocycles. The van der Waals surface area contributed by atoms with Crippen molar-refractivity contribution in [1.82, 2.24) is 10.3 Å². The number of hydrogen-bond donors (Lipinski definition) is 1. The van der Waals surface area contributed by atoms with Gasteiger partial charge in [0, 0.05) is 5.69 Å². The van der Waals surface area contributed by atoms with Gasteiger partial charge in [-0.05, 0) is 25.1 Å². The summed E-state index contributed by atoms with van der Waals surface area (Å²) in [4.78, 5) is 15.6. The SMILES string of the molecule is Cc1ccc(OCC#CCNC(=O)c2ccoc2)cn1. The van der Waals surface area contributed by atoms with Crippen LogP contribution in [0.15, 0.2) is 41.3 Å². The lowest BCUT2D eigenvalue weighted by Crippen LogP contribution is -2.23. The summed E-state index contributed by atoms with van der Waals surface area (Å²) in [5.41, 5.74) is 1.42. The van der Waals surface area contributed by atoms with E-state index in [4.69, 9.17) is 9.15 Å². The summed E-state index contributed by atoms with van der Waals surface area (Å²) >= 11 is 0. The van der Waals surface area contributed by atoms with Crippen LogP contribution in [0.5, 0.6) is 5.75 Å². The lowest BCUT2D eigenvalue weighted by atomic mass is 10.3. The fraction of sp³-hybridized carbons (Fsp3) is 0.200. The number of aryl methyl sites for hydroxylation is 1. The van der Waals surface area contributed by atoms with Crippen LogP contribution in [0.25, 0.3) is 0 Å². The van der Waals surface area contributed by atoms with Gasteiger partial charge in [0.15, 0.2) is 0 Å². The predicted molar refractivity (Wildman–Crippen MR) is 73.3 cm³/mol. The average molecular weight is 270 g/mol. The van der Waals surface area contributed by atoms with Crippen LogP contribution in [0, 0.1) is 18.8 Å². The Hall–Kier alpha value is -2.74. The number of rotatable bonds is 4. The van der Waals surface area contributed by atoms with E-state index in [-0.39, 0.29) is 19.1 Å². The van der Waals surface area contributed by atoms with Crippen LogP contribution in [0.3, 0.4) is 0 Å². The maximum absolute atomic E-state index is 11.5. The number of furan rings is 1. The maximum atomic E-state index is 11.5. The molecule has 2 heterocycles. The highest BCUT2D eigenvalue weighted by molar-refractivity contribution is 5.93. The Morgan fingerprint density at radius 3 is 3.00 bits per heavy atom. The van der Waals surface area contributed by atoms with Gasteiger partial charge in [-0.15, -0.1) is 0 Å². The van der Waals surface area contributed by atoms with Crippen molar-refractivity contribution in [3.05, 3.63) is 48.2 Å². The first kappa shape index (κ1) is 13.7. The zero-order chi connectivity index (χ0) is 14.2. The number of nitrogens with zero attached hydrogens (tertiary/aromatic N) is 1. The molecule has 2 aromatic rings. The van der Waals surface area contributed by atoms with Crippen LogP contribution in [-0.4, -0.2) is 24.0 Å². The third-order valence-corrected chi connectivity index (χ3v) is 2.44. The van der Waals surface area contributed by atoms with Crippen molar-refractivity contribution in [2.45, 2.75) is 6.92 Å². The second kappa shape index (κ2) is 7.00. The van der Waals surface area contributed by atoms with E-state index in [1.165, 1.54) is 12.5 Å². The van der Waals surface area contributed by atoms with Crippen LogP contribution in [0.4, 0.5) is 0 Å². The Kier molecular flexibility index (Phi) is 4.79. The molecule has 1 N–H and O–H groups in total. The number of carbonyl (C=O) groups excluding carboxylic acids is 1. The molecule has 2 rings (SSSR count). The molecule has 5 heteroatoms. The van der Waals surface area contributed by atoms with E-state index in [2.05, 4.69) is 22.1 Å². The van der Waals surface area contributed by atoms with Crippen molar-refractivity contribution in [2.24, 2.45) is 0 Å². The molecule has 20 heavy (non-hydrogen) atoms. The molecular weight excluding hydrogens is 256 g/mol. The van der Waals surface area contributed by atoms with Crippen LogP contribution in [-0.2, 0) is 0 Å². The first-order valence-corrected chi connectivity index (χ1v) is 6.07. The minimum absolute atomic E-state index is 0.211. The molecule has 102 valence electrons. The summed E-state index contributed by atoms with van der Waals surface area (Å²) in [6, 6.07) is 5.30.